The third-order valence-corrected chi connectivity index (χ3v) is 5.06. The van der Waals surface area contributed by atoms with Gasteiger partial charge in [0, 0.05) is 31.5 Å². The van der Waals surface area contributed by atoms with Crippen molar-refractivity contribution in [1.82, 2.24) is 15.2 Å². The Labute approximate surface area is 155 Å². The first-order valence-electron chi connectivity index (χ1n) is 8.62. The molecule has 2 N–H and O–H groups in total. The maximum absolute atomic E-state index is 14.8. The zero-order valence-electron chi connectivity index (χ0n) is 14.7. The second-order valence-electron chi connectivity index (χ2n) is 6.65. The van der Waals surface area contributed by atoms with E-state index in [1.54, 1.807) is 30.5 Å². The van der Waals surface area contributed by atoms with Crippen molar-refractivity contribution in [1.29, 1.82) is 5.41 Å². The van der Waals surface area contributed by atoms with Crippen LogP contribution in [0.25, 0.3) is 0 Å². The minimum Gasteiger partial charge on any atom is -0.439 e. The molecule has 7 nitrogen and oxygen atoms in total. The quantitative estimate of drug-likeness (QED) is 0.865. The number of ether oxygens (including phenoxy) is 2. The van der Waals surface area contributed by atoms with Gasteiger partial charge in [0.1, 0.15) is 17.1 Å². The van der Waals surface area contributed by atoms with Crippen molar-refractivity contribution in [3.05, 3.63) is 54.0 Å². The Balaban J connectivity index is 1.77. The molecule has 27 heavy (non-hydrogen) atoms. The van der Waals surface area contributed by atoms with Crippen LogP contribution in [0, 0.1) is 17.1 Å². The molecule has 2 aromatic rings. The summed E-state index contributed by atoms with van der Waals surface area (Å²) in [5.74, 6) is -0.566. The Bertz CT molecular complexity index is 892. The number of nitrogens with one attached hydrogen (secondary N) is 2. The predicted octanol–water partition coefficient (Wildman–Crippen LogP) is 2.24. The van der Waals surface area contributed by atoms with E-state index in [0.717, 1.165) is 0 Å². The van der Waals surface area contributed by atoms with Crippen LogP contribution < -0.4 is 10.1 Å². The number of carbonyl (C=O) groups is 1. The molecular weight excluding hydrogens is 351 g/mol. The Morgan fingerprint density at radius 3 is 3.04 bits per heavy atom. The van der Waals surface area contributed by atoms with Gasteiger partial charge in [0.2, 0.25) is 11.8 Å². The van der Waals surface area contributed by atoms with E-state index in [0.29, 0.717) is 24.7 Å². The molecule has 0 bridgehead atoms. The van der Waals surface area contributed by atoms with E-state index in [2.05, 4.69) is 10.3 Å². The molecule has 0 aliphatic carbocycles. The van der Waals surface area contributed by atoms with Crippen molar-refractivity contribution in [3.63, 3.8) is 0 Å². The first kappa shape index (κ1) is 17.4. The summed E-state index contributed by atoms with van der Waals surface area (Å²) < 4.78 is 26.2. The van der Waals surface area contributed by atoms with Crippen molar-refractivity contribution in [2.45, 2.75) is 12.0 Å². The van der Waals surface area contributed by atoms with E-state index in [9.17, 15) is 9.18 Å². The Morgan fingerprint density at radius 2 is 2.26 bits per heavy atom. The fraction of sp³-hybridized carbons (Fsp3) is 0.316. The maximum Gasteiger partial charge on any atom is 0.235 e. The number of aromatic nitrogens is 1. The van der Waals surface area contributed by atoms with Crippen LogP contribution in [0.3, 0.4) is 0 Å². The van der Waals surface area contributed by atoms with E-state index >= 15 is 0 Å². The van der Waals surface area contributed by atoms with Crippen molar-refractivity contribution in [3.8, 4) is 11.6 Å². The van der Waals surface area contributed by atoms with Crippen LogP contribution in [0.15, 0.2) is 42.6 Å². The lowest BCUT2D eigenvalue weighted by atomic mass is 9.73. The van der Waals surface area contributed by atoms with Crippen molar-refractivity contribution in [2.24, 2.45) is 5.92 Å². The number of nitrogens with zero attached hydrogens (tertiary/aromatic N) is 2. The van der Waals surface area contributed by atoms with Gasteiger partial charge in [-0.15, -0.1) is 0 Å². The molecule has 2 fully saturated rings. The molecule has 2 aliphatic heterocycles. The van der Waals surface area contributed by atoms with Crippen LogP contribution in [-0.2, 0) is 15.1 Å². The highest BCUT2D eigenvalue weighted by Crippen LogP contribution is 2.41. The maximum atomic E-state index is 14.8. The van der Waals surface area contributed by atoms with Crippen LogP contribution >= 0.6 is 0 Å². The van der Waals surface area contributed by atoms with E-state index in [1.165, 1.54) is 24.1 Å². The van der Waals surface area contributed by atoms with Crippen molar-refractivity contribution < 1.29 is 18.7 Å². The summed E-state index contributed by atoms with van der Waals surface area (Å²) in [6, 6.07) is 9.60. The molecule has 2 saturated heterocycles. The summed E-state index contributed by atoms with van der Waals surface area (Å²) in [5, 5.41) is 11.1. The Hall–Kier alpha value is -3.00. The monoisotopic (exact) mass is 370 g/mol. The zero-order valence-corrected chi connectivity index (χ0v) is 14.7. The molecule has 0 unspecified atom stereocenters. The predicted molar refractivity (Wildman–Crippen MR) is 94.9 cm³/mol. The third kappa shape index (κ3) is 2.91. The van der Waals surface area contributed by atoms with Gasteiger partial charge in [-0.3, -0.25) is 15.1 Å². The summed E-state index contributed by atoms with van der Waals surface area (Å²) in [4.78, 5) is 18.1. The molecule has 3 heterocycles. The molecule has 1 aromatic carbocycles. The van der Waals surface area contributed by atoms with Crippen LogP contribution in [0.4, 0.5) is 4.39 Å². The summed E-state index contributed by atoms with van der Waals surface area (Å²) in [7, 11) is 1.54. The van der Waals surface area contributed by atoms with Crippen molar-refractivity contribution >= 4 is 11.9 Å². The summed E-state index contributed by atoms with van der Waals surface area (Å²) in [5.41, 5.74) is -0.904. The number of pyridine rings is 1. The highest BCUT2D eigenvalue weighted by Gasteiger charge is 2.53. The van der Waals surface area contributed by atoms with Gasteiger partial charge in [-0.1, -0.05) is 6.07 Å². The largest absolute Gasteiger partial charge is 0.439 e. The molecule has 0 radical (unpaired) electrons. The SMILES string of the molecule is CN1C(=N)N[C@@]2(c3cc(Oc4ccccn4)ccc3F)COCC[C@H]2C1=O. The number of guanidine groups is 1. The van der Waals surface area contributed by atoms with Gasteiger partial charge in [-0.25, -0.2) is 9.37 Å². The van der Waals surface area contributed by atoms with Crippen LogP contribution in [0.5, 0.6) is 11.6 Å². The number of benzene rings is 1. The van der Waals surface area contributed by atoms with Gasteiger partial charge in [0.15, 0.2) is 5.96 Å². The average Bonchev–Trinajstić information content (AvgIpc) is 2.68. The molecule has 0 spiro atoms. The topological polar surface area (TPSA) is 87.5 Å². The van der Waals surface area contributed by atoms with E-state index in [4.69, 9.17) is 14.9 Å². The molecule has 1 amide bonds. The van der Waals surface area contributed by atoms with Crippen LogP contribution in [-0.4, -0.2) is 42.0 Å². The fourth-order valence-corrected chi connectivity index (χ4v) is 3.65. The number of hydrogen-bond donors (Lipinski definition) is 2. The number of carbonyl (C=O) groups excluding carboxylic acids is 1. The first-order chi connectivity index (χ1) is 13.0. The van der Waals surface area contributed by atoms with Gasteiger partial charge in [0.25, 0.3) is 0 Å². The number of halogens is 1. The second kappa shape index (κ2) is 6.62. The standard InChI is InChI=1S/C19H19FN4O3/c1-24-17(25)13-7-9-26-11-19(13,23-18(24)21)14-10-12(5-6-15(14)20)27-16-4-2-3-8-22-16/h2-6,8,10,13H,7,9,11H2,1H3,(H2,21,23)/t13-,19-/m0/s1. The number of rotatable bonds is 3. The van der Waals surface area contributed by atoms with Gasteiger partial charge in [0.05, 0.1) is 12.5 Å². The van der Waals surface area contributed by atoms with Gasteiger partial charge in [-0.2, -0.15) is 0 Å². The fourth-order valence-electron chi connectivity index (χ4n) is 3.65. The minimum atomic E-state index is -1.15. The Kier molecular flexibility index (Phi) is 4.27. The third-order valence-electron chi connectivity index (χ3n) is 5.06. The molecule has 4 rings (SSSR count). The van der Waals surface area contributed by atoms with E-state index in [1.807, 2.05) is 0 Å². The Morgan fingerprint density at radius 1 is 1.41 bits per heavy atom. The van der Waals surface area contributed by atoms with Gasteiger partial charge >= 0.3 is 0 Å². The average molecular weight is 370 g/mol. The number of amides is 1. The molecule has 2 atom stereocenters. The number of fused-ring (bicyclic) bond motifs is 1. The normalized spacial score (nSPS) is 25.0. The summed E-state index contributed by atoms with van der Waals surface area (Å²) in [6.45, 7) is 0.496. The molecule has 2 aliphatic rings. The molecule has 0 saturated carbocycles. The first-order valence-corrected chi connectivity index (χ1v) is 8.62. The van der Waals surface area contributed by atoms with Crippen LogP contribution in [0.1, 0.15) is 12.0 Å². The summed E-state index contributed by atoms with van der Waals surface area (Å²) in [6.07, 6.45) is 2.04. The smallest absolute Gasteiger partial charge is 0.235 e. The minimum absolute atomic E-state index is 0.0859. The lowest BCUT2D eigenvalue weighted by Gasteiger charge is -2.49. The lowest BCUT2D eigenvalue weighted by Crippen LogP contribution is -2.68. The highest BCUT2D eigenvalue weighted by atomic mass is 19.1. The van der Waals surface area contributed by atoms with Gasteiger partial charge in [-0.05, 0) is 30.7 Å². The number of hydrogen-bond acceptors (Lipinski definition) is 5. The second-order valence-corrected chi connectivity index (χ2v) is 6.65. The lowest BCUT2D eigenvalue weighted by molar-refractivity contribution is -0.143. The molecular formula is C19H19FN4O3. The molecule has 8 heteroatoms. The molecule has 1 aromatic heterocycles. The van der Waals surface area contributed by atoms with Gasteiger partial charge < -0.3 is 14.8 Å². The van der Waals surface area contributed by atoms with Crippen molar-refractivity contribution in [2.75, 3.05) is 20.3 Å². The van der Waals surface area contributed by atoms with E-state index in [-0.39, 0.29) is 24.0 Å². The van der Waals surface area contributed by atoms with E-state index < -0.39 is 17.3 Å². The summed E-state index contributed by atoms with van der Waals surface area (Å²) >= 11 is 0. The molecule has 140 valence electrons. The van der Waals surface area contributed by atoms with Crippen LogP contribution in [0.2, 0.25) is 0 Å². The zero-order chi connectivity index (χ0) is 19.0. The highest BCUT2D eigenvalue weighted by molar-refractivity contribution is 6.00.